The molecule has 0 atom stereocenters. The highest BCUT2D eigenvalue weighted by Crippen LogP contribution is 2.25. The zero-order chi connectivity index (χ0) is 10.8. The van der Waals surface area contributed by atoms with Crippen molar-refractivity contribution in [3.63, 3.8) is 0 Å². The first kappa shape index (κ1) is 10.1. The van der Waals surface area contributed by atoms with E-state index >= 15 is 0 Å². The van der Waals surface area contributed by atoms with E-state index in [1.807, 2.05) is 11.4 Å². The standard InChI is InChI=1S/C8H7ClN4OS/c9-8-12-6(11-3-5(10)14)4-1-2-15-7(4)13-8/h1-2H,3H2,(H2,10,14)(H,11,12,13). The molecule has 78 valence electrons. The molecule has 0 aliphatic rings. The van der Waals surface area contributed by atoms with Gasteiger partial charge in [0, 0.05) is 0 Å². The van der Waals surface area contributed by atoms with E-state index in [9.17, 15) is 4.79 Å². The van der Waals surface area contributed by atoms with Crippen LogP contribution in [0.15, 0.2) is 11.4 Å². The molecule has 0 aliphatic heterocycles. The zero-order valence-corrected chi connectivity index (χ0v) is 9.10. The molecule has 7 heteroatoms. The second-order valence-electron chi connectivity index (χ2n) is 2.80. The monoisotopic (exact) mass is 242 g/mol. The number of aromatic nitrogens is 2. The van der Waals surface area contributed by atoms with E-state index in [4.69, 9.17) is 17.3 Å². The van der Waals surface area contributed by atoms with Crippen molar-refractivity contribution >= 4 is 44.9 Å². The van der Waals surface area contributed by atoms with Crippen molar-refractivity contribution in [1.29, 1.82) is 0 Å². The van der Waals surface area contributed by atoms with E-state index < -0.39 is 5.91 Å². The van der Waals surface area contributed by atoms with E-state index in [0.29, 0.717) is 5.82 Å². The topological polar surface area (TPSA) is 80.9 Å². The Morgan fingerprint density at radius 3 is 3.13 bits per heavy atom. The highest BCUT2D eigenvalue weighted by Gasteiger charge is 2.07. The molecule has 0 aliphatic carbocycles. The Morgan fingerprint density at radius 1 is 1.60 bits per heavy atom. The summed E-state index contributed by atoms with van der Waals surface area (Å²) >= 11 is 7.18. The SMILES string of the molecule is NC(=O)CNc1nc(Cl)nc2sccc12. The third-order valence-electron chi connectivity index (χ3n) is 1.73. The van der Waals surface area contributed by atoms with Gasteiger partial charge < -0.3 is 11.1 Å². The fraction of sp³-hybridized carbons (Fsp3) is 0.125. The summed E-state index contributed by atoms with van der Waals surface area (Å²) in [6.45, 7) is 0.0261. The molecule has 0 radical (unpaired) electrons. The quantitative estimate of drug-likeness (QED) is 0.794. The van der Waals surface area contributed by atoms with Crippen molar-refractivity contribution in [3.05, 3.63) is 16.7 Å². The molecule has 2 rings (SSSR count). The van der Waals surface area contributed by atoms with Gasteiger partial charge in [-0.2, -0.15) is 0 Å². The predicted octanol–water partition coefficient (Wildman–Crippen LogP) is 1.24. The molecule has 0 aromatic carbocycles. The third-order valence-corrected chi connectivity index (χ3v) is 2.70. The highest BCUT2D eigenvalue weighted by atomic mass is 35.5. The Bertz CT molecular complexity index is 512. The second kappa shape index (κ2) is 4.00. The van der Waals surface area contributed by atoms with Crippen LogP contribution in [0.1, 0.15) is 0 Å². The number of carbonyl (C=O) groups is 1. The fourth-order valence-electron chi connectivity index (χ4n) is 1.13. The Balaban J connectivity index is 2.39. The van der Waals surface area contributed by atoms with Crippen molar-refractivity contribution in [1.82, 2.24) is 9.97 Å². The van der Waals surface area contributed by atoms with Gasteiger partial charge in [-0.25, -0.2) is 9.97 Å². The minimum atomic E-state index is -0.451. The van der Waals surface area contributed by atoms with Gasteiger partial charge in [0.2, 0.25) is 11.2 Å². The van der Waals surface area contributed by atoms with Gasteiger partial charge >= 0.3 is 0 Å². The summed E-state index contributed by atoms with van der Waals surface area (Å²) < 4.78 is 0. The van der Waals surface area contributed by atoms with Gasteiger partial charge in [0.15, 0.2) is 0 Å². The van der Waals surface area contributed by atoms with Gasteiger partial charge in [0.25, 0.3) is 0 Å². The first-order valence-corrected chi connectivity index (χ1v) is 5.35. The minimum absolute atomic E-state index is 0.0261. The van der Waals surface area contributed by atoms with Gasteiger partial charge in [0.05, 0.1) is 11.9 Å². The summed E-state index contributed by atoms with van der Waals surface area (Å²) in [7, 11) is 0. The Labute approximate surface area is 94.3 Å². The maximum Gasteiger partial charge on any atom is 0.236 e. The van der Waals surface area contributed by atoms with E-state index in [2.05, 4.69) is 15.3 Å². The number of hydrogen-bond acceptors (Lipinski definition) is 5. The molecule has 2 aromatic rings. The molecule has 2 aromatic heterocycles. The van der Waals surface area contributed by atoms with E-state index in [1.54, 1.807) is 0 Å². The minimum Gasteiger partial charge on any atom is -0.368 e. The maximum atomic E-state index is 10.6. The van der Waals surface area contributed by atoms with E-state index in [1.165, 1.54) is 11.3 Å². The Hall–Kier alpha value is -1.40. The van der Waals surface area contributed by atoms with Crippen molar-refractivity contribution in [2.24, 2.45) is 5.73 Å². The van der Waals surface area contributed by atoms with Crippen LogP contribution in [0.4, 0.5) is 5.82 Å². The Kier molecular flexibility index (Phi) is 2.70. The zero-order valence-electron chi connectivity index (χ0n) is 7.53. The maximum absolute atomic E-state index is 10.6. The van der Waals surface area contributed by atoms with Crippen LogP contribution in [-0.4, -0.2) is 22.4 Å². The summed E-state index contributed by atoms with van der Waals surface area (Å²) in [6.07, 6.45) is 0. The smallest absolute Gasteiger partial charge is 0.236 e. The third kappa shape index (κ3) is 2.16. The number of rotatable bonds is 3. The summed E-state index contributed by atoms with van der Waals surface area (Å²) in [5.74, 6) is 0.0816. The molecule has 0 spiro atoms. The Morgan fingerprint density at radius 2 is 2.40 bits per heavy atom. The van der Waals surface area contributed by atoms with E-state index in [0.717, 1.165) is 10.2 Å². The van der Waals surface area contributed by atoms with Crippen LogP contribution >= 0.6 is 22.9 Å². The van der Waals surface area contributed by atoms with Crippen LogP contribution < -0.4 is 11.1 Å². The number of nitrogens with zero attached hydrogens (tertiary/aromatic N) is 2. The molecule has 15 heavy (non-hydrogen) atoms. The van der Waals surface area contributed by atoms with Gasteiger partial charge in [-0.15, -0.1) is 11.3 Å². The number of thiophene rings is 1. The number of halogens is 1. The molecule has 0 saturated heterocycles. The summed E-state index contributed by atoms with van der Waals surface area (Å²) in [5.41, 5.74) is 5.02. The normalized spacial score (nSPS) is 10.5. The molecule has 2 heterocycles. The van der Waals surface area contributed by atoms with Crippen LogP contribution in [0.3, 0.4) is 0 Å². The number of carbonyl (C=O) groups excluding carboxylic acids is 1. The molecule has 0 saturated carbocycles. The number of hydrogen-bond donors (Lipinski definition) is 2. The second-order valence-corrected chi connectivity index (χ2v) is 4.03. The van der Waals surface area contributed by atoms with Crippen LogP contribution in [0.25, 0.3) is 10.2 Å². The van der Waals surface area contributed by atoms with Gasteiger partial charge in [-0.05, 0) is 23.0 Å². The lowest BCUT2D eigenvalue weighted by Crippen LogP contribution is -2.22. The van der Waals surface area contributed by atoms with Crippen molar-refractivity contribution in [2.75, 3.05) is 11.9 Å². The summed E-state index contributed by atoms with van der Waals surface area (Å²) in [4.78, 5) is 19.4. The van der Waals surface area contributed by atoms with Gasteiger partial charge in [-0.1, -0.05) is 0 Å². The van der Waals surface area contributed by atoms with Crippen molar-refractivity contribution in [2.45, 2.75) is 0 Å². The van der Waals surface area contributed by atoms with Crippen molar-refractivity contribution < 1.29 is 4.79 Å². The number of anilines is 1. The average Bonchev–Trinajstić information content (AvgIpc) is 2.61. The van der Waals surface area contributed by atoms with Crippen molar-refractivity contribution in [3.8, 4) is 0 Å². The number of nitrogens with two attached hydrogens (primary N) is 1. The molecule has 0 fully saturated rings. The predicted molar refractivity (Wildman–Crippen MR) is 60.1 cm³/mol. The van der Waals surface area contributed by atoms with Crippen LogP contribution in [0.2, 0.25) is 5.28 Å². The largest absolute Gasteiger partial charge is 0.368 e. The lowest BCUT2D eigenvalue weighted by Gasteiger charge is -2.04. The molecule has 5 nitrogen and oxygen atoms in total. The van der Waals surface area contributed by atoms with Crippen LogP contribution in [0, 0.1) is 0 Å². The highest BCUT2D eigenvalue weighted by molar-refractivity contribution is 7.16. The summed E-state index contributed by atoms with van der Waals surface area (Å²) in [5, 5.41) is 5.68. The molecule has 1 amide bonds. The number of primary amides is 1. The molecule has 3 N–H and O–H groups in total. The first-order chi connectivity index (χ1) is 7.16. The summed E-state index contributed by atoms with van der Waals surface area (Å²) in [6, 6.07) is 1.86. The molecular formula is C8H7ClN4OS. The first-order valence-electron chi connectivity index (χ1n) is 4.10. The molecule has 0 bridgehead atoms. The fourth-order valence-corrected chi connectivity index (χ4v) is 2.12. The molecular weight excluding hydrogens is 236 g/mol. The lowest BCUT2D eigenvalue weighted by atomic mass is 10.4. The van der Waals surface area contributed by atoms with Crippen LogP contribution in [-0.2, 0) is 4.79 Å². The number of nitrogens with one attached hydrogen (secondary N) is 1. The number of amides is 1. The van der Waals surface area contributed by atoms with E-state index in [-0.39, 0.29) is 11.8 Å². The van der Waals surface area contributed by atoms with Crippen LogP contribution in [0.5, 0.6) is 0 Å². The number of fused-ring (bicyclic) bond motifs is 1. The van der Waals surface area contributed by atoms with Gasteiger partial charge in [0.1, 0.15) is 10.6 Å². The average molecular weight is 243 g/mol. The van der Waals surface area contributed by atoms with Gasteiger partial charge in [-0.3, -0.25) is 4.79 Å². The lowest BCUT2D eigenvalue weighted by molar-refractivity contribution is -0.116. The molecule has 0 unspecified atom stereocenters.